The maximum absolute atomic E-state index is 5.53. The molecule has 0 spiro atoms. The first-order valence-corrected chi connectivity index (χ1v) is 4.77. The van der Waals surface area contributed by atoms with Crippen LogP contribution in [-0.2, 0) is 0 Å². The molecule has 1 aromatic heterocycles. The van der Waals surface area contributed by atoms with Gasteiger partial charge in [0.2, 0.25) is 0 Å². The summed E-state index contributed by atoms with van der Waals surface area (Å²) in [6, 6.07) is 3.92. The van der Waals surface area contributed by atoms with Gasteiger partial charge >= 0.3 is 0 Å². The topological polar surface area (TPSA) is 38.9 Å². The average Bonchev–Trinajstić information content (AvgIpc) is 2.20. The highest BCUT2D eigenvalue weighted by Gasteiger charge is 2.05. The van der Waals surface area contributed by atoms with Gasteiger partial charge in [-0.25, -0.2) is 4.98 Å². The number of nitrogen functional groups attached to an aromatic ring is 1. The van der Waals surface area contributed by atoms with Crippen molar-refractivity contribution in [2.45, 2.75) is 25.7 Å². The van der Waals surface area contributed by atoms with Gasteiger partial charge in [-0.1, -0.05) is 6.08 Å². The van der Waals surface area contributed by atoms with Crippen molar-refractivity contribution in [1.29, 1.82) is 0 Å². The molecule has 2 rings (SSSR count). The van der Waals surface area contributed by atoms with Gasteiger partial charge in [0, 0.05) is 6.20 Å². The molecule has 13 heavy (non-hydrogen) atoms. The molecule has 1 aromatic rings. The van der Waals surface area contributed by atoms with Crippen LogP contribution in [0.4, 0.5) is 5.82 Å². The highest BCUT2D eigenvalue weighted by Crippen LogP contribution is 2.26. The lowest BCUT2D eigenvalue weighted by atomic mass is 9.95. The van der Waals surface area contributed by atoms with Crippen molar-refractivity contribution in [3.05, 3.63) is 30.0 Å². The smallest absolute Gasteiger partial charge is 0.123 e. The fraction of sp³-hybridized carbons (Fsp3) is 0.364. The van der Waals surface area contributed by atoms with Crippen molar-refractivity contribution in [3.63, 3.8) is 0 Å². The molecule has 2 nitrogen and oxygen atoms in total. The molecular weight excluding hydrogens is 160 g/mol. The number of rotatable bonds is 1. The Bertz CT molecular complexity index is 311. The van der Waals surface area contributed by atoms with Gasteiger partial charge in [0.1, 0.15) is 5.82 Å². The van der Waals surface area contributed by atoms with Crippen LogP contribution in [0, 0.1) is 0 Å². The molecule has 2 heteroatoms. The number of anilines is 1. The molecule has 0 unspecified atom stereocenters. The Balaban J connectivity index is 2.24. The monoisotopic (exact) mass is 174 g/mol. The Hall–Kier alpha value is -1.31. The van der Waals surface area contributed by atoms with Crippen LogP contribution in [0.5, 0.6) is 0 Å². The van der Waals surface area contributed by atoms with Crippen LogP contribution in [0.25, 0.3) is 5.57 Å². The lowest BCUT2D eigenvalue weighted by Gasteiger charge is -2.12. The second-order valence-electron chi connectivity index (χ2n) is 3.45. The Morgan fingerprint density at radius 2 is 2.15 bits per heavy atom. The third kappa shape index (κ3) is 1.89. The molecule has 1 heterocycles. The van der Waals surface area contributed by atoms with Crippen LogP contribution in [0.15, 0.2) is 24.4 Å². The summed E-state index contributed by atoms with van der Waals surface area (Å²) >= 11 is 0. The van der Waals surface area contributed by atoms with E-state index in [4.69, 9.17) is 5.73 Å². The van der Waals surface area contributed by atoms with E-state index in [2.05, 4.69) is 17.1 Å². The van der Waals surface area contributed by atoms with Crippen molar-refractivity contribution < 1.29 is 0 Å². The summed E-state index contributed by atoms with van der Waals surface area (Å²) in [6.45, 7) is 0. The molecule has 2 N–H and O–H groups in total. The minimum absolute atomic E-state index is 0.597. The normalized spacial score (nSPS) is 16.8. The lowest BCUT2D eigenvalue weighted by molar-refractivity contribution is 0.742. The Morgan fingerprint density at radius 3 is 2.77 bits per heavy atom. The van der Waals surface area contributed by atoms with Gasteiger partial charge in [0.25, 0.3) is 0 Å². The lowest BCUT2D eigenvalue weighted by Crippen LogP contribution is -1.94. The van der Waals surface area contributed by atoms with Gasteiger partial charge in [-0.2, -0.15) is 0 Å². The zero-order valence-electron chi connectivity index (χ0n) is 7.66. The van der Waals surface area contributed by atoms with Gasteiger partial charge in [-0.3, -0.25) is 0 Å². The summed E-state index contributed by atoms with van der Waals surface area (Å²) in [5.74, 6) is 0.597. The van der Waals surface area contributed by atoms with E-state index in [0.29, 0.717) is 5.82 Å². The third-order valence-electron chi connectivity index (χ3n) is 2.45. The zero-order valence-corrected chi connectivity index (χ0v) is 7.66. The average molecular weight is 174 g/mol. The van der Waals surface area contributed by atoms with Crippen molar-refractivity contribution in [2.75, 3.05) is 5.73 Å². The number of allylic oxidation sites excluding steroid dienone is 2. The number of hydrogen-bond acceptors (Lipinski definition) is 2. The SMILES string of the molecule is Nc1ccc(C2=CCCCC2)cn1. The van der Waals surface area contributed by atoms with Gasteiger partial charge in [0.05, 0.1) is 0 Å². The standard InChI is InChI=1S/C11H14N2/c12-11-7-6-10(8-13-11)9-4-2-1-3-5-9/h4,6-8H,1-3,5H2,(H2,12,13). The molecule has 0 saturated heterocycles. The molecule has 0 aromatic carbocycles. The maximum atomic E-state index is 5.53. The predicted molar refractivity (Wildman–Crippen MR) is 55.1 cm³/mol. The Labute approximate surface area is 78.5 Å². The highest BCUT2D eigenvalue weighted by molar-refractivity contribution is 5.66. The summed E-state index contributed by atoms with van der Waals surface area (Å²) in [5, 5.41) is 0. The van der Waals surface area contributed by atoms with E-state index in [1.807, 2.05) is 12.3 Å². The van der Waals surface area contributed by atoms with Gasteiger partial charge in [-0.05, 0) is 49.0 Å². The minimum atomic E-state index is 0.597. The van der Waals surface area contributed by atoms with Crippen molar-refractivity contribution >= 4 is 11.4 Å². The largest absolute Gasteiger partial charge is 0.384 e. The molecule has 0 bridgehead atoms. The van der Waals surface area contributed by atoms with Gasteiger partial charge in [0.15, 0.2) is 0 Å². The van der Waals surface area contributed by atoms with E-state index >= 15 is 0 Å². The first-order valence-electron chi connectivity index (χ1n) is 4.77. The highest BCUT2D eigenvalue weighted by atomic mass is 14.8. The first kappa shape index (κ1) is 8.30. The van der Waals surface area contributed by atoms with Gasteiger partial charge < -0.3 is 5.73 Å². The number of hydrogen-bond donors (Lipinski definition) is 1. The van der Waals surface area contributed by atoms with Crippen molar-refractivity contribution in [1.82, 2.24) is 4.98 Å². The summed E-state index contributed by atoms with van der Waals surface area (Å²) in [7, 11) is 0. The number of nitrogens with two attached hydrogens (primary N) is 1. The molecule has 0 fully saturated rings. The molecule has 0 amide bonds. The van der Waals surface area contributed by atoms with E-state index < -0.39 is 0 Å². The van der Waals surface area contributed by atoms with E-state index in [1.165, 1.54) is 36.8 Å². The summed E-state index contributed by atoms with van der Waals surface area (Å²) in [5.41, 5.74) is 8.19. The van der Waals surface area contributed by atoms with E-state index in [9.17, 15) is 0 Å². The summed E-state index contributed by atoms with van der Waals surface area (Å²) < 4.78 is 0. The van der Waals surface area contributed by atoms with Gasteiger partial charge in [-0.15, -0.1) is 0 Å². The minimum Gasteiger partial charge on any atom is -0.384 e. The number of aromatic nitrogens is 1. The van der Waals surface area contributed by atoms with E-state index in [0.717, 1.165) is 0 Å². The number of pyridine rings is 1. The van der Waals surface area contributed by atoms with Crippen LogP contribution >= 0.6 is 0 Å². The zero-order chi connectivity index (χ0) is 9.10. The number of nitrogens with zero attached hydrogens (tertiary/aromatic N) is 1. The van der Waals surface area contributed by atoms with Crippen LogP contribution in [0.1, 0.15) is 31.2 Å². The van der Waals surface area contributed by atoms with Crippen LogP contribution in [0.2, 0.25) is 0 Å². The van der Waals surface area contributed by atoms with Crippen LogP contribution in [-0.4, -0.2) is 4.98 Å². The maximum Gasteiger partial charge on any atom is 0.123 e. The molecule has 0 atom stereocenters. The fourth-order valence-corrected chi connectivity index (χ4v) is 1.70. The quantitative estimate of drug-likeness (QED) is 0.710. The molecule has 0 radical (unpaired) electrons. The second kappa shape index (κ2) is 3.60. The molecule has 68 valence electrons. The molecule has 0 saturated carbocycles. The molecule has 1 aliphatic rings. The van der Waals surface area contributed by atoms with E-state index in [1.54, 1.807) is 0 Å². The van der Waals surface area contributed by atoms with Crippen LogP contribution in [0.3, 0.4) is 0 Å². The molecule has 0 aliphatic heterocycles. The van der Waals surface area contributed by atoms with Crippen molar-refractivity contribution in [3.8, 4) is 0 Å². The second-order valence-corrected chi connectivity index (χ2v) is 3.45. The summed E-state index contributed by atoms with van der Waals surface area (Å²) in [4.78, 5) is 4.09. The molecular formula is C11H14N2. The van der Waals surface area contributed by atoms with E-state index in [-0.39, 0.29) is 0 Å². The first-order chi connectivity index (χ1) is 6.36. The Morgan fingerprint density at radius 1 is 1.23 bits per heavy atom. The van der Waals surface area contributed by atoms with Crippen molar-refractivity contribution in [2.24, 2.45) is 0 Å². The predicted octanol–water partition coefficient (Wildman–Crippen LogP) is 2.62. The molecule has 1 aliphatic carbocycles. The summed E-state index contributed by atoms with van der Waals surface area (Å²) in [6.07, 6.45) is 9.20. The fourth-order valence-electron chi connectivity index (χ4n) is 1.70. The Kier molecular flexibility index (Phi) is 2.30. The van der Waals surface area contributed by atoms with Crippen LogP contribution < -0.4 is 5.73 Å². The third-order valence-corrected chi connectivity index (χ3v) is 2.45.